The summed E-state index contributed by atoms with van der Waals surface area (Å²) in [4.78, 5) is 2.55. The first kappa shape index (κ1) is 21.5. The maximum Gasteiger partial charge on any atom is 0.462 e. The SMILES string of the molecule is CC(C)CN(CC(C)C)C(C)[O][Al]([CH2]C(C)C)[CH2]C(C)C. The van der Waals surface area contributed by atoms with Gasteiger partial charge in [-0.15, -0.1) is 0 Å². The van der Waals surface area contributed by atoms with Crippen molar-refractivity contribution in [3.05, 3.63) is 0 Å². The summed E-state index contributed by atoms with van der Waals surface area (Å²) >= 11 is -1.10. The molecule has 0 aromatic rings. The Kier molecular flexibility index (Phi) is 11.3. The number of hydrogen-bond donors (Lipinski definition) is 0. The van der Waals surface area contributed by atoms with Crippen molar-refractivity contribution >= 4 is 14.5 Å². The van der Waals surface area contributed by atoms with Crippen LogP contribution < -0.4 is 0 Å². The fourth-order valence-corrected chi connectivity index (χ4v) is 6.18. The fourth-order valence-electron chi connectivity index (χ4n) is 2.93. The highest BCUT2D eigenvalue weighted by Gasteiger charge is 2.27. The molecule has 0 aromatic carbocycles. The molecular weight excluding hydrogens is 273 g/mol. The Balaban J connectivity index is 4.66. The van der Waals surface area contributed by atoms with E-state index in [1.807, 2.05) is 0 Å². The molecule has 0 bridgehead atoms. The quantitative estimate of drug-likeness (QED) is 0.381. The normalized spacial score (nSPS) is 14.0. The van der Waals surface area contributed by atoms with Crippen LogP contribution >= 0.6 is 0 Å². The van der Waals surface area contributed by atoms with E-state index >= 15 is 0 Å². The number of rotatable bonds is 11. The van der Waals surface area contributed by atoms with Crippen LogP contribution in [0.25, 0.3) is 0 Å². The monoisotopic (exact) mass is 313 g/mol. The Morgan fingerprint density at radius 3 is 1.33 bits per heavy atom. The van der Waals surface area contributed by atoms with E-state index in [9.17, 15) is 0 Å². The van der Waals surface area contributed by atoms with Crippen LogP contribution in [-0.2, 0) is 3.79 Å². The summed E-state index contributed by atoms with van der Waals surface area (Å²) in [6.07, 6.45) is 0.281. The van der Waals surface area contributed by atoms with E-state index in [0.29, 0.717) is 11.8 Å². The van der Waals surface area contributed by atoms with Gasteiger partial charge in [0.15, 0.2) is 0 Å². The van der Waals surface area contributed by atoms with E-state index in [2.05, 4.69) is 67.2 Å². The Morgan fingerprint density at radius 2 is 1.05 bits per heavy atom. The van der Waals surface area contributed by atoms with Crippen molar-refractivity contribution in [2.24, 2.45) is 23.7 Å². The molecule has 0 aliphatic heterocycles. The molecule has 0 fully saturated rings. The topological polar surface area (TPSA) is 12.5 Å². The minimum atomic E-state index is -1.10. The van der Waals surface area contributed by atoms with E-state index in [1.54, 1.807) is 0 Å². The zero-order chi connectivity index (χ0) is 16.6. The first-order chi connectivity index (χ1) is 9.61. The van der Waals surface area contributed by atoms with Gasteiger partial charge in [0, 0.05) is 13.1 Å². The third-order valence-corrected chi connectivity index (χ3v) is 7.29. The van der Waals surface area contributed by atoms with Gasteiger partial charge >= 0.3 is 14.5 Å². The second kappa shape index (κ2) is 11.1. The molecule has 126 valence electrons. The van der Waals surface area contributed by atoms with Crippen LogP contribution in [-0.4, -0.2) is 38.7 Å². The van der Waals surface area contributed by atoms with Crippen LogP contribution in [0.5, 0.6) is 0 Å². The van der Waals surface area contributed by atoms with E-state index in [4.69, 9.17) is 3.79 Å². The number of nitrogens with zero attached hydrogens (tertiary/aromatic N) is 1. The second-order valence-electron chi connectivity index (χ2n) is 8.36. The summed E-state index contributed by atoms with van der Waals surface area (Å²) < 4.78 is 6.60. The van der Waals surface area contributed by atoms with E-state index in [-0.39, 0.29) is 6.23 Å². The molecule has 0 aliphatic rings. The largest absolute Gasteiger partial charge is 0.487 e. The van der Waals surface area contributed by atoms with Crippen molar-refractivity contribution in [3.8, 4) is 0 Å². The zero-order valence-corrected chi connectivity index (χ0v) is 17.3. The lowest BCUT2D eigenvalue weighted by atomic mass is 10.1. The van der Waals surface area contributed by atoms with Gasteiger partial charge < -0.3 is 3.79 Å². The molecule has 2 nitrogen and oxygen atoms in total. The summed E-state index contributed by atoms with van der Waals surface area (Å²) in [6, 6.07) is 0. The van der Waals surface area contributed by atoms with Gasteiger partial charge in [0.05, 0.1) is 6.23 Å². The van der Waals surface area contributed by atoms with E-state index in [0.717, 1.165) is 24.9 Å². The van der Waals surface area contributed by atoms with Crippen molar-refractivity contribution in [1.29, 1.82) is 0 Å². The third kappa shape index (κ3) is 11.6. The Bertz CT molecular complexity index is 234. The highest BCUT2D eigenvalue weighted by atomic mass is 27.2. The summed E-state index contributed by atoms with van der Waals surface area (Å²) in [7, 11) is 0. The first-order valence-electron chi connectivity index (χ1n) is 9.01. The molecule has 0 saturated heterocycles. The Hall–Kier alpha value is 0.452. The zero-order valence-electron chi connectivity index (χ0n) is 16.1. The molecule has 1 unspecified atom stereocenters. The van der Waals surface area contributed by atoms with Gasteiger partial charge in [0.2, 0.25) is 0 Å². The Labute approximate surface area is 139 Å². The lowest BCUT2D eigenvalue weighted by Crippen LogP contribution is -2.43. The molecule has 0 heterocycles. The van der Waals surface area contributed by atoms with Gasteiger partial charge in [0.25, 0.3) is 0 Å². The van der Waals surface area contributed by atoms with Crippen LogP contribution in [0.1, 0.15) is 62.3 Å². The lowest BCUT2D eigenvalue weighted by Gasteiger charge is -2.35. The van der Waals surface area contributed by atoms with Crippen molar-refractivity contribution in [3.63, 3.8) is 0 Å². The van der Waals surface area contributed by atoms with Gasteiger partial charge in [-0.05, 0) is 18.8 Å². The summed E-state index contributed by atoms with van der Waals surface area (Å²) in [6.45, 7) is 23.1. The fraction of sp³-hybridized carbons (Fsp3) is 1.00. The van der Waals surface area contributed by atoms with Crippen molar-refractivity contribution < 1.29 is 3.79 Å². The van der Waals surface area contributed by atoms with Crippen molar-refractivity contribution in [1.82, 2.24) is 4.90 Å². The first-order valence-corrected chi connectivity index (χ1v) is 11.1. The molecular formula is C18H40AlNO. The smallest absolute Gasteiger partial charge is 0.462 e. The maximum atomic E-state index is 6.60. The molecule has 0 spiro atoms. The van der Waals surface area contributed by atoms with Gasteiger partial charge in [-0.2, -0.15) is 0 Å². The molecule has 0 radical (unpaired) electrons. The highest BCUT2D eigenvalue weighted by molar-refractivity contribution is 6.52. The van der Waals surface area contributed by atoms with Gasteiger partial charge in [-0.3, -0.25) is 4.90 Å². The number of hydrogen-bond acceptors (Lipinski definition) is 2. The predicted octanol–water partition coefficient (Wildman–Crippen LogP) is 5.27. The predicted molar refractivity (Wildman–Crippen MR) is 96.8 cm³/mol. The van der Waals surface area contributed by atoms with Crippen LogP contribution in [0.15, 0.2) is 0 Å². The van der Waals surface area contributed by atoms with Crippen LogP contribution in [0.3, 0.4) is 0 Å². The third-order valence-electron chi connectivity index (χ3n) is 3.57. The van der Waals surface area contributed by atoms with Crippen molar-refractivity contribution in [2.75, 3.05) is 13.1 Å². The minimum Gasteiger partial charge on any atom is -0.487 e. The molecule has 0 amide bonds. The molecule has 0 aliphatic carbocycles. The molecule has 21 heavy (non-hydrogen) atoms. The summed E-state index contributed by atoms with van der Waals surface area (Å²) in [5.74, 6) is 2.92. The average molecular weight is 314 g/mol. The molecule has 3 heteroatoms. The molecule has 0 aromatic heterocycles. The maximum absolute atomic E-state index is 6.60. The van der Waals surface area contributed by atoms with Crippen molar-refractivity contribution in [2.45, 2.75) is 79.1 Å². The van der Waals surface area contributed by atoms with Gasteiger partial charge in [0.1, 0.15) is 0 Å². The van der Waals surface area contributed by atoms with Crippen LogP contribution in [0, 0.1) is 23.7 Å². The highest BCUT2D eigenvalue weighted by Crippen LogP contribution is 2.19. The van der Waals surface area contributed by atoms with Gasteiger partial charge in [-0.1, -0.05) is 77.8 Å². The minimum absolute atomic E-state index is 0.281. The van der Waals surface area contributed by atoms with E-state index < -0.39 is 14.5 Å². The average Bonchev–Trinajstić information content (AvgIpc) is 2.24. The van der Waals surface area contributed by atoms with E-state index in [1.165, 1.54) is 10.6 Å². The Morgan fingerprint density at radius 1 is 0.667 bits per heavy atom. The van der Waals surface area contributed by atoms with Crippen LogP contribution in [0.4, 0.5) is 0 Å². The summed E-state index contributed by atoms with van der Waals surface area (Å²) in [5, 5.41) is 2.61. The van der Waals surface area contributed by atoms with Crippen LogP contribution in [0.2, 0.25) is 10.6 Å². The van der Waals surface area contributed by atoms with Gasteiger partial charge in [-0.25, -0.2) is 0 Å². The lowest BCUT2D eigenvalue weighted by molar-refractivity contribution is 0.0193. The molecule has 0 N–H and O–H groups in total. The second-order valence-corrected chi connectivity index (χ2v) is 10.8. The molecule has 1 atom stereocenters. The molecule has 0 saturated carbocycles. The summed E-state index contributed by atoms with van der Waals surface area (Å²) in [5.41, 5.74) is 0. The standard InChI is InChI=1S/C10H22NO.2C4H9.Al/c1-8(2)6-11(10(5)12)7-9(3)4;2*1-4(2)3;/h8-10H,6-7H2,1-5H3;2*4H,1H2,2-3H3;/q-1;;;+1. The molecule has 0 rings (SSSR count).